The van der Waals surface area contributed by atoms with Crippen LogP contribution in [0, 0.1) is 0 Å². The molecule has 0 bridgehead atoms. The van der Waals surface area contributed by atoms with Gasteiger partial charge in [-0.15, -0.1) is 0 Å². The van der Waals surface area contributed by atoms with Crippen LogP contribution in [-0.2, 0) is 17.6 Å². The Morgan fingerprint density at radius 1 is 1.07 bits per heavy atom. The number of benzene rings is 2. The summed E-state index contributed by atoms with van der Waals surface area (Å²) in [5.74, 6) is 0.340. The lowest BCUT2D eigenvalue weighted by Crippen LogP contribution is -2.27. The molecule has 0 aliphatic heterocycles. The molecular weight excluding hydrogens is 366 g/mol. The number of hydrogen-bond acceptors (Lipinski definition) is 4. The SMILES string of the molecule is CN(C)C(=O)COc1ccc(NC(=O)c2c3c(nc4ccccc24)CCC3)cc1. The molecule has 1 aromatic heterocycles. The van der Waals surface area contributed by atoms with Gasteiger partial charge in [-0.2, -0.15) is 0 Å². The first-order valence-electron chi connectivity index (χ1n) is 9.68. The molecule has 6 nitrogen and oxygen atoms in total. The lowest BCUT2D eigenvalue weighted by atomic mass is 10.0. The van der Waals surface area contributed by atoms with Crippen molar-refractivity contribution in [1.29, 1.82) is 0 Å². The van der Waals surface area contributed by atoms with E-state index in [2.05, 4.69) is 5.32 Å². The maximum Gasteiger partial charge on any atom is 0.259 e. The molecule has 0 fully saturated rings. The summed E-state index contributed by atoms with van der Waals surface area (Å²) < 4.78 is 5.48. The molecule has 1 aliphatic rings. The Bertz CT molecular complexity index is 1070. The number of anilines is 1. The van der Waals surface area contributed by atoms with Crippen LogP contribution in [0.2, 0.25) is 0 Å². The highest BCUT2D eigenvalue weighted by Gasteiger charge is 2.23. The molecule has 0 spiro atoms. The Kier molecular flexibility index (Phi) is 5.16. The van der Waals surface area contributed by atoms with Gasteiger partial charge in [0.2, 0.25) is 0 Å². The van der Waals surface area contributed by atoms with Gasteiger partial charge in [-0.05, 0) is 55.2 Å². The van der Waals surface area contributed by atoms with Gasteiger partial charge < -0.3 is 15.0 Å². The smallest absolute Gasteiger partial charge is 0.259 e. The van der Waals surface area contributed by atoms with Crippen LogP contribution in [0.5, 0.6) is 5.75 Å². The van der Waals surface area contributed by atoms with E-state index >= 15 is 0 Å². The molecule has 0 saturated heterocycles. The number of fused-ring (bicyclic) bond motifs is 2. The highest BCUT2D eigenvalue weighted by Crippen LogP contribution is 2.30. The minimum absolute atomic E-state index is 0.0200. The van der Waals surface area contributed by atoms with Crippen molar-refractivity contribution in [3.8, 4) is 5.75 Å². The van der Waals surface area contributed by atoms with E-state index in [0.29, 0.717) is 11.4 Å². The van der Waals surface area contributed by atoms with Crippen molar-refractivity contribution in [2.45, 2.75) is 19.3 Å². The fourth-order valence-electron chi connectivity index (χ4n) is 3.57. The van der Waals surface area contributed by atoms with Crippen molar-refractivity contribution >= 4 is 28.4 Å². The van der Waals surface area contributed by atoms with E-state index in [1.807, 2.05) is 24.3 Å². The van der Waals surface area contributed by atoms with Crippen molar-refractivity contribution in [2.24, 2.45) is 0 Å². The van der Waals surface area contributed by atoms with Crippen molar-refractivity contribution in [3.05, 3.63) is 65.4 Å². The Hall–Kier alpha value is -3.41. The zero-order chi connectivity index (χ0) is 20.4. The highest BCUT2D eigenvalue weighted by molar-refractivity contribution is 6.13. The van der Waals surface area contributed by atoms with Crippen LogP contribution in [0.4, 0.5) is 5.69 Å². The number of rotatable bonds is 5. The van der Waals surface area contributed by atoms with Gasteiger partial charge in [0.25, 0.3) is 11.8 Å². The number of para-hydroxylation sites is 1. The molecule has 0 unspecified atom stereocenters. The predicted molar refractivity (Wildman–Crippen MR) is 112 cm³/mol. The van der Waals surface area contributed by atoms with Gasteiger partial charge in [0.1, 0.15) is 5.75 Å². The average molecular weight is 389 g/mol. The fourth-order valence-corrected chi connectivity index (χ4v) is 3.57. The molecule has 2 amide bonds. The standard InChI is InChI=1S/C23H23N3O3/c1-26(2)21(27)14-29-16-12-10-15(11-13-16)24-23(28)22-17-6-3-4-8-19(17)25-20-9-5-7-18(20)22/h3-4,6,8,10-13H,5,7,9,14H2,1-2H3,(H,24,28). The molecule has 3 aromatic rings. The second kappa shape index (κ2) is 7.91. The number of carbonyl (C=O) groups excluding carboxylic acids is 2. The number of amides is 2. The van der Waals surface area contributed by atoms with E-state index < -0.39 is 0 Å². The number of aromatic nitrogens is 1. The number of carbonyl (C=O) groups is 2. The Labute approximate surface area is 169 Å². The minimum atomic E-state index is -0.127. The first-order valence-corrected chi connectivity index (χ1v) is 9.68. The number of hydrogen-bond donors (Lipinski definition) is 1. The van der Waals surface area contributed by atoms with E-state index in [1.54, 1.807) is 38.4 Å². The van der Waals surface area contributed by atoms with E-state index in [1.165, 1.54) is 4.90 Å². The molecule has 0 saturated carbocycles. The van der Waals surface area contributed by atoms with Gasteiger partial charge in [0.15, 0.2) is 6.61 Å². The molecule has 1 N–H and O–H groups in total. The third kappa shape index (κ3) is 3.92. The number of aryl methyl sites for hydroxylation is 1. The van der Waals surface area contributed by atoms with E-state index in [9.17, 15) is 9.59 Å². The van der Waals surface area contributed by atoms with Crippen LogP contribution in [0.15, 0.2) is 48.5 Å². The first kappa shape index (κ1) is 18.9. The third-order valence-corrected chi connectivity index (χ3v) is 5.12. The topological polar surface area (TPSA) is 71.5 Å². The second-order valence-electron chi connectivity index (χ2n) is 7.34. The zero-order valence-electron chi connectivity index (χ0n) is 16.6. The monoisotopic (exact) mass is 389 g/mol. The maximum atomic E-state index is 13.1. The second-order valence-corrected chi connectivity index (χ2v) is 7.34. The summed E-state index contributed by atoms with van der Waals surface area (Å²) in [4.78, 5) is 31.0. The summed E-state index contributed by atoms with van der Waals surface area (Å²) >= 11 is 0. The van der Waals surface area contributed by atoms with E-state index in [4.69, 9.17) is 9.72 Å². The van der Waals surface area contributed by atoms with Crippen LogP contribution >= 0.6 is 0 Å². The van der Waals surface area contributed by atoms with Crippen LogP contribution in [0.25, 0.3) is 10.9 Å². The molecule has 0 atom stereocenters. The summed E-state index contributed by atoms with van der Waals surface area (Å²) in [6.07, 6.45) is 2.82. The van der Waals surface area contributed by atoms with Crippen LogP contribution in [-0.4, -0.2) is 42.4 Å². The van der Waals surface area contributed by atoms with Gasteiger partial charge in [0.05, 0.1) is 11.1 Å². The van der Waals surface area contributed by atoms with E-state index in [0.717, 1.165) is 47.0 Å². The Balaban J connectivity index is 1.54. The Morgan fingerprint density at radius 2 is 1.83 bits per heavy atom. The van der Waals surface area contributed by atoms with E-state index in [-0.39, 0.29) is 18.4 Å². The van der Waals surface area contributed by atoms with Crippen LogP contribution in [0.1, 0.15) is 28.0 Å². The summed E-state index contributed by atoms with van der Waals surface area (Å²) in [5, 5.41) is 3.88. The molecule has 2 aromatic carbocycles. The maximum absolute atomic E-state index is 13.1. The van der Waals surface area contributed by atoms with Crippen molar-refractivity contribution < 1.29 is 14.3 Å². The van der Waals surface area contributed by atoms with Crippen LogP contribution < -0.4 is 10.1 Å². The normalized spacial score (nSPS) is 12.5. The van der Waals surface area contributed by atoms with Gasteiger partial charge in [-0.25, -0.2) is 0 Å². The molecule has 1 heterocycles. The number of nitrogens with zero attached hydrogens (tertiary/aromatic N) is 2. The minimum Gasteiger partial charge on any atom is -0.484 e. The summed E-state index contributed by atoms with van der Waals surface area (Å²) in [6.45, 7) is -0.0200. The molecule has 29 heavy (non-hydrogen) atoms. The molecule has 4 rings (SSSR count). The van der Waals surface area contributed by atoms with Gasteiger partial charge in [0, 0.05) is 30.9 Å². The lowest BCUT2D eigenvalue weighted by molar-refractivity contribution is -0.130. The fraction of sp³-hybridized carbons (Fsp3) is 0.261. The number of likely N-dealkylation sites (N-methyl/N-ethyl adjacent to an activating group) is 1. The highest BCUT2D eigenvalue weighted by atomic mass is 16.5. The Morgan fingerprint density at radius 3 is 2.59 bits per heavy atom. The van der Waals surface area contributed by atoms with Crippen molar-refractivity contribution in [2.75, 3.05) is 26.0 Å². The summed E-state index contributed by atoms with van der Waals surface area (Å²) in [6, 6.07) is 14.8. The number of ether oxygens (including phenoxy) is 1. The molecule has 1 aliphatic carbocycles. The third-order valence-electron chi connectivity index (χ3n) is 5.12. The largest absolute Gasteiger partial charge is 0.484 e. The lowest BCUT2D eigenvalue weighted by Gasteiger charge is -2.14. The number of nitrogens with one attached hydrogen (secondary N) is 1. The predicted octanol–water partition coefficient (Wildman–Crippen LogP) is 3.44. The molecule has 0 radical (unpaired) electrons. The molecule has 6 heteroatoms. The average Bonchev–Trinajstić information content (AvgIpc) is 3.18. The number of pyridine rings is 1. The zero-order valence-corrected chi connectivity index (χ0v) is 16.6. The van der Waals surface area contributed by atoms with Gasteiger partial charge >= 0.3 is 0 Å². The van der Waals surface area contributed by atoms with Gasteiger partial charge in [-0.3, -0.25) is 14.6 Å². The first-order chi connectivity index (χ1) is 14.0. The summed E-state index contributed by atoms with van der Waals surface area (Å²) in [5.41, 5.74) is 4.34. The summed E-state index contributed by atoms with van der Waals surface area (Å²) in [7, 11) is 3.37. The van der Waals surface area contributed by atoms with Crippen molar-refractivity contribution in [1.82, 2.24) is 9.88 Å². The van der Waals surface area contributed by atoms with Crippen LogP contribution in [0.3, 0.4) is 0 Å². The quantitative estimate of drug-likeness (QED) is 0.726. The molecule has 148 valence electrons. The van der Waals surface area contributed by atoms with Crippen molar-refractivity contribution in [3.63, 3.8) is 0 Å². The van der Waals surface area contributed by atoms with Gasteiger partial charge in [-0.1, -0.05) is 18.2 Å². The molecular formula is C23H23N3O3.